The molecule has 2 fully saturated rings. The van der Waals surface area contributed by atoms with Crippen LogP contribution in [0.15, 0.2) is 47.3 Å². The van der Waals surface area contributed by atoms with Gasteiger partial charge in [0.05, 0.1) is 67.0 Å². The second-order valence-corrected chi connectivity index (χ2v) is 18.2. The number of hydrogen-bond donors (Lipinski definition) is 4. The highest BCUT2D eigenvalue weighted by Crippen LogP contribution is 2.37. The molecule has 2 aromatic heterocycles. The topological polar surface area (TPSA) is 194 Å². The standard InChI is InChI=1S/C44H55F2N7O9S2/c1-26(28-6-8-29(9-7-28)39-27(2)48-25-64-39)49-41(57)34-20-30(54)21-53(34)42(58)40(44(3,4)5)51-36(56)22-61-19-18-59-15-12-47-35(55)23-62-38-31(10-11-32(45)37(38)46)33-24-63-43(50-33)52-13-16-60-17-14-52/h6-11,24-26,30,34,40,54H,12-23H2,1-5H3,(H,47,55)(H,49,57)(H,51,56)/t26?,30-,34+,40?/m1/s1. The summed E-state index contributed by atoms with van der Waals surface area (Å²) in [6.45, 7) is 10.9. The summed E-state index contributed by atoms with van der Waals surface area (Å²) in [5.41, 5.74) is 4.49. The molecule has 16 nitrogen and oxygen atoms in total. The van der Waals surface area contributed by atoms with Gasteiger partial charge in [0.1, 0.15) is 18.7 Å². The van der Waals surface area contributed by atoms with Gasteiger partial charge in [-0.15, -0.1) is 22.7 Å². The van der Waals surface area contributed by atoms with Gasteiger partial charge in [-0.2, -0.15) is 4.39 Å². The number of amides is 4. The van der Waals surface area contributed by atoms with Crippen LogP contribution in [0.1, 0.15) is 51.4 Å². The van der Waals surface area contributed by atoms with E-state index >= 15 is 0 Å². The Hall–Kier alpha value is -5.12. The van der Waals surface area contributed by atoms with Crippen LogP contribution >= 0.6 is 22.7 Å². The Morgan fingerprint density at radius 1 is 0.969 bits per heavy atom. The van der Waals surface area contributed by atoms with Crippen molar-refractivity contribution in [1.82, 2.24) is 30.8 Å². The van der Waals surface area contributed by atoms with E-state index in [-0.39, 0.29) is 57.5 Å². The van der Waals surface area contributed by atoms with Gasteiger partial charge in [0, 0.05) is 43.5 Å². The molecule has 2 aromatic carbocycles. The average Bonchev–Trinajstić information content (AvgIpc) is 4.04. The molecular formula is C44H55F2N7O9S2. The number of benzene rings is 2. The third kappa shape index (κ3) is 12.6. The van der Waals surface area contributed by atoms with E-state index in [1.165, 1.54) is 22.3 Å². The maximum atomic E-state index is 14.9. The monoisotopic (exact) mass is 927 g/mol. The lowest BCUT2D eigenvalue weighted by molar-refractivity contribution is -0.144. The van der Waals surface area contributed by atoms with E-state index in [0.29, 0.717) is 37.1 Å². The number of morpholine rings is 1. The minimum atomic E-state index is -1.23. The van der Waals surface area contributed by atoms with Crippen molar-refractivity contribution in [3.8, 4) is 27.4 Å². The summed E-state index contributed by atoms with van der Waals surface area (Å²) in [5.74, 6) is -4.82. The van der Waals surface area contributed by atoms with E-state index < -0.39 is 71.2 Å². The highest BCUT2D eigenvalue weighted by molar-refractivity contribution is 7.14. The van der Waals surface area contributed by atoms with Crippen LogP contribution in [0.3, 0.4) is 0 Å². The Labute approximate surface area is 378 Å². The number of aliphatic hydroxyl groups is 1. The molecule has 346 valence electrons. The maximum absolute atomic E-state index is 14.9. The van der Waals surface area contributed by atoms with Crippen molar-refractivity contribution in [2.75, 3.05) is 77.3 Å². The molecule has 2 unspecified atom stereocenters. The number of β-amino-alcohol motifs (C(OH)–C–C–N with tert-alkyl or cyclic N) is 1. The zero-order valence-corrected chi connectivity index (χ0v) is 38.1. The smallest absolute Gasteiger partial charge is 0.258 e. The fourth-order valence-corrected chi connectivity index (χ4v) is 8.91. The lowest BCUT2D eigenvalue weighted by Gasteiger charge is -2.35. The molecule has 2 aliphatic rings. The van der Waals surface area contributed by atoms with Crippen LogP contribution in [-0.2, 0) is 33.4 Å². The third-order valence-electron chi connectivity index (χ3n) is 10.7. The second kappa shape index (κ2) is 22.2. The van der Waals surface area contributed by atoms with Crippen molar-refractivity contribution in [3.05, 3.63) is 70.2 Å². The van der Waals surface area contributed by atoms with Gasteiger partial charge in [0.25, 0.3) is 5.91 Å². The van der Waals surface area contributed by atoms with E-state index in [2.05, 4.69) is 25.9 Å². The summed E-state index contributed by atoms with van der Waals surface area (Å²) >= 11 is 2.91. The molecule has 0 aliphatic carbocycles. The van der Waals surface area contributed by atoms with Gasteiger partial charge >= 0.3 is 0 Å². The highest BCUT2D eigenvalue weighted by Gasteiger charge is 2.44. The predicted molar refractivity (Wildman–Crippen MR) is 237 cm³/mol. The first-order valence-corrected chi connectivity index (χ1v) is 22.8. The molecule has 0 saturated carbocycles. The normalized spacial score (nSPS) is 17.5. The highest BCUT2D eigenvalue weighted by atomic mass is 32.1. The van der Waals surface area contributed by atoms with Crippen molar-refractivity contribution in [2.24, 2.45) is 5.41 Å². The molecule has 4 atom stereocenters. The van der Waals surface area contributed by atoms with E-state index in [9.17, 15) is 33.1 Å². The summed E-state index contributed by atoms with van der Waals surface area (Å²) < 4.78 is 50.9. The van der Waals surface area contributed by atoms with Crippen LogP contribution < -0.4 is 25.6 Å². The molecule has 0 spiro atoms. The van der Waals surface area contributed by atoms with E-state index in [0.717, 1.165) is 27.8 Å². The summed E-state index contributed by atoms with van der Waals surface area (Å²) in [6.07, 6.45) is -0.861. The summed E-state index contributed by atoms with van der Waals surface area (Å²) in [4.78, 5) is 66.4. The van der Waals surface area contributed by atoms with Crippen LogP contribution in [0.2, 0.25) is 0 Å². The fraction of sp³-hybridized carbons (Fsp3) is 0.500. The first-order valence-electron chi connectivity index (χ1n) is 21.0. The van der Waals surface area contributed by atoms with Crippen molar-refractivity contribution in [2.45, 2.75) is 65.3 Å². The number of nitrogens with one attached hydrogen (secondary N) is 3. The maximum Gasteiger partial charge on any atom is 0.258 e. The van der Waals surface area contributed by atoms with Gasteiger partial charge in [-0.1, -0.05) is 45.0 Å². The number of anilines is 1. The lowest BCUT2D eigenvalue weighted by atomic mass is 9.85. The van der Waals surface area contributed by atoms with Crippen LogP contribution in [0.25, 0.3) is 21.7 Å². The van der Waals surface area contributed by atoms with Gasteiger partial charge in [-0.05, 0) is 42.5 Å². The zero-order valence-electron chi connectivity index (χ0n) is 36.5. The second-order valence-electron chi connectivity index (χ2n) is 16.5. The number of halogens is 2. The van der Waals surface area contributed by atoms with Gasteiger partial charge < -0.3 is 49.8 Å². The SMILES string of the molecule is Cc1ncsc1-c1ccc(C(C)NC(=O)[C@@H]2C[C@@H](O)CN2C(=O)C(NC(=O)COCCOCCNC(=O)COc2c(-c3csc(N4CCOCC4)n3)ccc(F)c2F)C(C)(C)C)cc1. The molecule has 0 radical (unpaired) electrons. The molecular weight excluding hydrogens is 873 g/mol. The number of aryl methyl sites for hydroxylation is 1. The molecule has 4 amide bonds. The number of hydrogen-bond acceptors (Lipinski definition) is 14. The summed E-state index contributed by atoms with van der Waals surface area (Å²) in [5, 5.41) is 21.3. The Bertz CT molecular complexity index is 2230. The third-order valence-corrected chi connectivity index (χ3v) is 12.6. The van der Waals surface area contributed by atoms with Crippen molar-refractivity contribution in [3.63, 3.8) is 0 Å². The molecule has 4 N–H and O–H groups in total. The Morgan fingerprint density at radius 3 is 2.41 bits per heavy atom. The van der Waals surface area contributed by atoms with Crippen LogP contribution in [-0.4, -0.2) is 134 Å². The number of aliphatic hydroxyl groups excluding tert-OH is 1. The minimum Gasteiger partial charge on any atom is -0.480 e. The Kier molecular flexibility index (Phi) is 16.8. The molecule has 64 heavy (non-hydrogen) atoms. The fourth-order valence-electron chi connectivity index (χ4n) is 7.22. The molecule has 2 aliphatic heterocycles. The Balaban J connectivity index is 0.900. The van der Waals surface area contributed by atoms with Gasteiger partial charge in [0.15, 0.2) is 23.3 Å². The van der Waals surface area contributed by atoms with Gasteiger partial charge in [0.2, 0.25) is 23.5 Å². The van der Waals surface area contributed by atoms with Crippen LogP contribution in [0.4, 0.5) is 13.9 Å². The number of aromatic nitrogens is 2. The van der Waals surface area contributed by atoms with E-state index in [4.69, 9.17) is 18.9 Å². The van der Waals surface area contributed by atoms with Crippen molar-refractivity contribution in [1.29, 1.82) is 0 Å². The number of ether oxygens (including phenoxy) is 4. The summed E-state index contributed by atoms with van der Waals surface area (Å²) in [6, 6.07) is 7.83. The predicted octanol–water partition coefficient (Wildman–Crippen LogP) is 4.26. The van der Waals surface area contributed by atoms with Crippen molar-refractivity contribution >= 4 is 51.4 Å². The molecule has 4 aromatic rings. The lowest BCUT2D eigenvalue weighted by Crippen LogP contribution is -2.58. The molecule has 6 rings (SSSR count). The Morgan fingerprint density at radius 2 is 1.70 bits per heavy atom. The number of likely N-dealkylation sites (tertiary alicyclic amines) is 1. The number of thiazole rings is 2. The average molecular weight is 928 g/mol. The minimum absolute atomic E-state index is 0.0243. The summed E-state index contributed by atoms with van der Waals surface area (Å²) in [7, 11) is 0. The largest absolute Gasteiger partial charge is 0.480 e. The number of nitrogens with zero attached hydrogens (tertiary/aromatic N) is 4. The molecule has 20 heteroatoms. The van der Waals surface area contributed by atoms with E-state index in [1.807, 2.05) is 43.0 Å². The molecule has 0 bridgehead atoms. The number of carbonyl (C=O) groups is 4. The number of rotatable bonds is 19. The number of carbonyl (C=O) groups excluding carboxylic acids is 4. The molecule has 4 heterocycles. The van der Waals surface area contributed by atoms with Crippen LogP contribution in [0.5, 0.6) is 5.75 Å². The first kappa shape index (κ1) is 48.3. The zero-order chi connectivity index (χ0) is 46.0. The first-order chi connectivity index (χ1) is 30.6. The quantitative estimate of drug-likeness (QED) is 0.0979. The van der Waals surface area contributed by atoms with Gasteiger partial charge in [-0.3, -0.25) is 19.2 Å². The van der Waals surface area contributed by atoms with Crippen LogP contribution in [0, 0.1) is 24.0 Å². The van der Waals surface area contributed by atoms with Gasteiger partial charge in [-0.25, -0.2) is 14.4 Å². The van der Waals surface area contributed by atoms with Crippen molar-refractivity contribution < 1.29 is 52.0 Å². The van der Waals surface area contributed by atoms with E-state index in [1.54, 1.807) is 43.0 Å². The molecule has 2 saturated heterocycles.